The summed E-state index contributed by atoms with van der Waals surface area (Å²) in [5.74, 6) is 1.28. The molecular weight excluding hydrogens is 256 g/mol. The van der Waals surface area contributed by atoms with Gasteiger partial charge in [-0.05, 0) is 29.7 Å². The minimum absolute atomic E-state index is 0.411. The summed E-state index contributed by atoms with van der Waals surface area (Å²) in [7, 11) is 0. The van der Waals surface area contributed by atoms with Crippen LogP contribution in [-0.4, -0.2) is 12.9 Å². The first-order valence-corrected chi connectivity index (χ1v) is 5.80. The molecule has 2 nitrogen and oxygen atoms in total. The van der Waals surface area contributed by atoms with Crippen molar-refractivity contribution in [2.24, 2.45) is 0 Å². The van der Waals surface area contributed by atoms with Gasteiger partial charge in [0.15, 0.2) is 0 Å². The molecule has 1 rings (SSSR count). The Hall–Kier alpha value is -0.830. The molecule has 0 amide bonds. The molecule has 0 aliphatic carbocycles. The number of carbonyl (C=O) groups is 1. The van der Waals surface area contributed by atoms with E-state index in [1.807, 2.05) is 12.1 Å². The number of aldehydes is 1. The molecule has 0 radical (unpaired) electrons. The Morgan fingerprint density at radius 2 is 2.20 bits per heavy atom. The Bertz CT molecular complexity index is 334. The standard InChI is InChI=1S/C12H15BrO2/c1-9(2)11-8-10(13)4-5-12(11)15-7-3-6-14/h4-6,8-9H,3,7H2,1-2H3. The van der Waals surface area contributed by atoms with Crippen molar-refractivity contribution in [1.82, 2.24) is 0 Å². The van der Waals surface area contributed by atoms with Gasteiger partial charge in [0.25, 0.3) is 0 Å². The van der Waals surface area contributed by atoms with Crippen LogP contribution in [0.15, 0.2) is 22.7 Å². The van der Waals surface area contributed by atoms with Gasteiger partial charge in [0.1, 0.15) is 12.0 Å². The molecule has 1 aromatic carbocycles. The van der Waals surface area contributed by atoms with Crippen molar-refractivity contribution < 1.29 is 9.53 Å². The molecule has 1 aromatic rings. The number of hydrogen-bond donors (Lipinski definition) is 0. The summed E-state index contributed by atoms with van der Waals surface area (Å²) < 4.78 is 6.59. The lowest BCUT2D eigenvalue weighted by molar-refractivity contribution is -0.108. The van der Waals surface area contributed by atoms with E-state index >= 15 is 0 Å². The summed E-state index contributed by atoms with van der Waals surface area (Å²) in [6.07, 6.45) is 1.31. The first-order valence-electron chi connectivity index (χ1n) is 5.01. The highest BCUT2D eigenvalue weighted by Gasteiger charge is 2.08. The predicted molar refractivity (Wildman–Crippen MR) is 64.4 cm³/mol. The van der Waals surface area contributed by atoms with Crippen molar-refractivity contribution in [2.45, 2.75) is 26.2 Å². The Morgan fingerprint density at radius 3 is 2.80 bits per heavy atom. The number of hydrogen-bond acceptors (Lipinski definition) is 2. The van der Waals surface area contributed by atoms with E-state index in [-0.39, 0.29) is 0 Å². The summed E-state index contributed by atoms with van der Waals surface area (Å²) in [6.45, 7) is 4.69. The normalized spacial score (nSPS) is 10.4. The van der Waals surface area contributed by atoms with Gasteiger partial charge in [0.2, 0.25) is 0 Å². The quantitative estimate of drug-likeness (QED) is 0.604. The van der Waals surface area contributed by atoms with Gasteiger partial charge in [-0.3, -0.25) is 0 Å². The molecule has 3 heteroatoms. The zero-order chi connectivity index (χ0) is 11.3. The number of carbonyl (C=O) groups excluding carboxylic acids is 1. The van der Waals surface area contributed by atoms with E-state index in [9.17, 15) is 4.79 Å². The zero-order valence-corrected chi connectivity index (χ0v) is 10.6. The largest absolute Gasteiger partial charge is 0.493 e. The highest BCUT2D eigenvalue weighted by atomic mass is 79.9. The van der Waals surface area contributed by atoms with Gasteiger partial charge >= 0.3 is 0 Å². The molecule has 82 valence electrons. The van der Waals surface area contributed by atoms with Gasteiger partial charge in [-0.15, -0.1) is 0 Å². The monoisotopic (exact) mass is 270 g/mol. The Kier molecular flexibility index (Phi) is 4.82. The number of benzene rings is 1. The molecule has 0 bridgehead atoms. The van der Waals surface area contributed by atoms with Gasteiger partial charge in [-0.25, -0.2) is 0 Å². The molecule has 0 atom stereocenters. The second-order valence-electron chi connectivity index (χ2n) is 3.64. The molecular formula is C12H15BrO2. The van der Waals surface area contributed by atoms with Crippen LogP contribution < -0.4 is 4.74 Å². The van der Waals surface area contributed by atoms with Gasteiger partial charge < -0.3 is 9.53 Å². The molecule has 0 saturated heterocycles. The number of halogens is 1. The summed E-state index contributed by atoms with van der Waals surface area (Å²) in [6, 6.07) is 5.94. The molecule has 0 aliphatic heterocycles. The van der Waals surface area contributed by atoms with Gasteiger partial charge in [-0.1, -0.05) is 29.8 Å². The average Bonchev–Trinajstić information content (AvgIpc) is 2.20. The summed E-state index contributed by atoms with van der Waals surface area (Å²) >= 11 is 3.43. The number of ether oxygens (including phenoxy) is 1. The molecule has 0 aromatic heterocycles. The molecule has 15 heavy (non-hydrogen) atoms. The Labute approximate surface area is 98.8 Å². The van der Waals surface area contributed by atoms with E-state index in [0.29, 0.717) is 18.9 Å². The summed E-state index contributed by atoms with van der Waals surface area (Å²) in [4.78, 5) is 10.2. The first-order chi connectivity index (χ1) is 7.15. The predicted octanol–water partition coefficient (Wildman–Crippen LogP) is 3.54. The third-order valence-electron chi connectivity index (χ3n) is 2.09. The lowest BCUT2D eigenvalue weighted by Crippen LogP contribution is -2.01. The van der Waals surface area contributed by atoms with Crippen LogP contribution in [0, 0.1) is 0 Å². The zero-order valence-electron chi connectivity index (χ0n) is 9.00. The lowest BCUT2D eigenvalue weighted by atomic mass is 10.0. The molecule has 0 aliphatic rings. The van der Waals surface area contributed by atoms with Crippen molar-refractivity contribution in [1.29, 1.82) is 0 Å². The molecule has 0 spiro atoms. The van der Waals surface area contributed by atoms with Crippen LogP contribution in [0.3, 0.4) is 0 Å². The van der Waals surface area contributed by atoms with Crippen molar-refractivity contribution in [3.05, 3.63) is 28.2 Å². The van der Waals surface area contributed by atoms with Gasteiger partial charge in [0, 0.05) is 10.9 Å². The van der Waals surface area contributed by atoms with Crippen LogP contribution in [0.1, 0.15) is 31.7 Å². The van der Waals surface area contributed by atoms with Crippen molar-refractivity contribution >= 4 is 22.2 Å². The first kappa shape index (κ1) is 12.2. The van der Waals surface area contributed by atoms with Crippen molar-refractivity contribution in [2.75, 3.05) is 6.61 Å². The SMILES string of the molecule is CC(C)c1cc(Br)ccc1OCCC=O. The van der Waals surface area contributed by atoms with Crippen LogP contribution in [0.5, 0.6) is 5.75 Å². The van der Waals surface area contributed by atoms with E-state index in [1.54, 1.807) is 0 Å². The van der Waals surface area contributed by atoms with Gasteiger partial charge in [0.05, 0.1) is 6.61 Å². The Balaban J connectivity index is 2.81. The van der Waals surface area contributed by atoms with Crippen LogP contribution in [0.25, 0.3) is 0 Å². The summed E-state index contributed by atoms with van der Waals surface area (Å²) in [5, 5.41) is 0. The topological polar surface area (TPSA) is 26.3 Å². The molecule has 0 unspecified atom stereocenters. The van der Waals surface area contributed by atoms with E-state index in [0.717, 1.165) is 22.1 Å². The minimum atomic E-state index is 0.411. The smallest absolute Gasteiger partial charge is 0.123 e. The molecule has 0 saturated carbocycles. The second-order valence-corrected chi connectivity index (χ2v) is 4.56. The van der Waals surface area contributed by atoms with E-state index in [2.05, 4.69) is 35.8 Å². The second kappa shape index (κ2) is 5.91. The molecule has 0 fully saturated rings. The maximum Gasteiger partial charge on any atom is 0.123 e. The summed E-state index contributed by atoms with van der Waals surface area (Å²) in [5.41, 5.74) is 1.16. The highest BCUT2D eigenvalue weighted by molar-refractivity contribution is 9.10. The van der Waals surface area contributed by atoms with Crippen LogP contribution in [0.2, 0.25) is 0 Å². The minimum Gasteiger partial charge on any atom is -0.493 e. The van der Waals surface area contributed by atoms with Crippen LogP contribution in [0.4, 0.5) is 0 Å². The fraction of sp³-hybridized carbons (Fsp3) is 0.417. The molecule has 0 N–H and O–H groups in total. The van der Waals surface area contributed by atoms with E-state index < -0.39 is 0 Å². The van der Waals surface area contributed by atoms with Gasteiger partial charge in [-0.2, -0.15) is 0 Å². The number of rotatable bonds is 5. The van der Waals surface area contributed by atoms with Crippen molar-refractivity contribution in [3.8, 4) is 5.75 Å². The van der Waals surface area contributed by atoms with Crippen LogP contribution in [-0.2, 0) is 4.79 Å². The third kappa shape index (κ3) is 3.67. The van der Waals surface area contributed by atoms with Crippen molar-refractivity contribution in [3.63, 3.8) is 0 Å². The van der Waals surface area contributed by atoms with E-state index in [4.69, 9.17) is 4.74 Å². The fourth-order valence-electron chi connectivity index (χ4n) is 1.32. The highest BCUT2D eigenvalue weighted by Crippen LogP contribution is 2.29. The lowest BCUT2D eigenvalue weighted by Gasteiger charge is -2.13. The molecule has 0 heterocycles. The Morgan fingerprint density at radius 1 is 1.47 bits per heavy atom. The third-order valence-corrected chi connectivity index (χ3v) is 2.58. The van der Waals surface area contributed by atoms with E-state index in [1.165, 1.54) is 0 Å². The maximum atomic E-state index is 10.2. The van der Waals surface area contributed by atoms with Crippen LogP contribution >= 0.6 is 15.9 Å². The maximum absolute atomic E-state index is 10.2. The fourth-order valence-corrected chi connectivity index (χ4v) is 1.70. The average molecular weight is 271 g/mol.